The van der Waals surface area contributed by atoms with Gasteiger partial charge in [0.15, 0.2) is 0 Å². The quantitative estimate of drug-likeness (QED) is 0.662. The van der Waals surface area contributed by atoms with Gasteiger partial charge in [0.2, 0.25) is 0 Å². The van der Waals surface area contributed by atoms with E-state index < -0.39 is 5.97 Å². The Morgan fingerprint density at radius 1 is 1.43 bits per heavy atom. The van der Waals surface area contributed by atoms with E-state index in [0.717, 1.165) is 0 Å². The first-order chi connectivity index (χ1) is 6.72. The summed E-state index contributed by atoms with van der Waals surface area (Å²) in [5.41, 5.74) is 0.493. The molecule has 0 aromatic heterocycles. The van der Waals surface area contributed by atoms with E-state index in [-0.39, 0.29) is 11.1 Å². The number of methoxy groups -OCH3 is 2. The average Bonchev–Trinajstić information content (AvgIpc) is 2.27. The highest BCUT2D eigenvalue weighted by Crippen LogP contribution is 2.17. The minimum Gasteiger partial charge on any atom is -0.497 e. The van der Waals surface area contributed by atoms with Crippen molar-refractivity contribution in [3.63, 3.8) is 0 Å². The molecule has 0 aliphatic heterocycles. The Labute approximate surface area is 81.7 Å². The van der Waals surface area contributed by atoms with Gasteiger partial charge in [0.05, 0.1) is 25.3 Å². The van der Waals surface area contributed by atoms with Crippen molar-refractivity contribution in [3.05, 3.63) is 29.3 Å². The number of carbonyl (C=O) groups excluding carboxylic acids is 1. The van der Waals surface area contributed by atoms with E-state index in [1.807, 2.05) is 6.07 Å². The third-order valence-corrected chi connectivity index (χ3v) is 1.75. The molecule has 0 unspecified atom stereocenters. The Kier molecular flexibility index (Phi) is 3.08. The monoisotopic (exact) mass is 191 g/mol. The minimum absolute atomic E-state index is 0.246. The fourth-order valence-electron chi connectivity index (χ4n) is 1.03. The van der Waals surface area contributed by atoms with Gasteiger partial charge in [-0.25, -0.2) is 4.79 Å². The first-order valence-corrected chi connectivity index (χ1v) is 3.89. The lowest BCUT2D eigenvalue weighted by Crippen LogP contribution is -2.04. The van der Waals surface area contributed by atoms with Gasteiger partial charge in [-0.2, -0.15) is 5.26 Å². The summed E-state index contributed by atoms with van der Waals surface area (Å²) >= 11 is 0. The van der Waals surface area contributed by atoms with Crippen molar-refractivity contribution in [1.29, 1.82) is 5.26 Å². The van der Waals surface area contributed by atoms with Gasteiger partial charge in [-0.05, 0) is 18.2 Å². The van der Waals surface area contributed by atoms with Gasteiger partial charge in [0.25, 0.3) is 0 Å². The second kappa shape index (κ2) is 4.28. The van der Waals surface area contributed by atoms with Crippen molar-refractivity contribution < 1.29 is 14.3 Å². The number of hydrogen-bond acceptors (Lipinski definition) is 4. The van der Waals surface area contributed by atoms with Crippen LogP contribution in [0.15, 0.2) is 18.2 Å². The fraction of sp³-hybridized carbons (Fsp3) is 0.200. The molecular weight excluding hydrogens is 182 g/mol. The molecule has 1 aromatic carbocycles. The predicted octanol–water partition coefficient (Wildman–Crippen LogP) is 1.35. The van der Waals surface area contributed by atoms with Crippen LogP contribution in [-0.4, -0.2) is 20.2 Å². The number of nitrogens with zero attached hydrogens (tertiary/aromatic N) is 1. The molecule has 0 radical (unpaired) electrons. The van der Waals surface area contributed by atoms with Crippen LogP contribution in [0.3, 0.4) is 0 Å². The minimum atomic E-state index is -0.524. The molecule has 1 aromatic rings. The van der Waals surface area contributed by atoms with Gasteiger partial charge in [0.1, 0.15) is 11.8 Å². The molecule has 0 fully saturated rings. The molecule has 4 nitrogen and oxygen atoms in total. The van der Waals surface area contributed by atoms with Gasteiger partial charge in [0, 0.05) is 0 Å². The number of nitriles is 1. The molecule has 0 aliphatic carbocycles. The highest BCUT2D eigenvalue weighted by molar-refractivity contribution is 5.92. The number of rotatable bonds is 2. The largest absolute Gasteiger partial charge is 0.497 e. The van der Waals surface area contributed by atoms with E-state index in [2.05, 4.69) is 4.74 Å². The van der Waals surface area contributed by atoms with Crippen molar-refractivity contribution in [1.82, 2.24) is 0 Å². The number of esters is 1. The van der Waals surface area contributed by atoms with Crippen LogP contribution in [0.4, 0.5) is 0 Å². The molecule has 0 amide bonds. The summed E-state index contributed by atoms with van der Waals surface area (Å²) in [5, 5.41) is 8.77. The Bertz CT molecular complexity index is 393. The highest BCUT2D eigenvalue weighted by Gasteiger charge is 2.11. The molecule has 0 atom stereocenters. The first-order valence-electron chi connectivity index (χ1n) is 3.89. The van der Waals surface area contributed by atoms with E-state index in [1.165, 1.54) is 26.4 Å². The molecule has 14 heavy (non-hydrogen) atoms. The van der Waals surface area contributed by atoms with Crippen LogP contribution in [0.25, 0.3) is 0 Å². The maximum atomic E-state index is 11.2. The normalized spacial score (nSPS) is 8.93. The summed E-state index contributed by atoms with van der Waals surface area (Å²) < 4.78 is 9.44. The molecule has 0 aliphatic rings. The molecule has 0 saturated carbocycles. The molecule has 0 bridgehead atoms. The van der Waals surface area contributed by atoms with Crippen LogP contribution in [0, 0.1) is 11.3 Å². The number of benzene rings is 1. The van der Waals surface area contributed by atoms with Crippen molar-refractivity contribution >= 4 is 5.97 Å². The molecule has 0 saturated heterocycles. The maximum absolute atomic E-state index is 11.2. The molecule has 72 valence electrons. The topological polar surface area (TPSA) is 59.3 Å². The molecular formula is C10H9NO3. The van der Waals surface area contributed by atoms with Crippen molar-refractivity contribution in [3.8, 4) is 11.8 Å². The lowest BCUT2D eigenvalue weighted by molar-refractivity contribution is 0.0600. The zero-order chi connectivity index (χ0) is 10.6. The summed E-state index contributed by atoms with van der Waals surface area (Å²) in [4.78, 5) is 11.2. The molecule has 0 heterocycles. The summed E-state index contributed by atoms with van der Waals surface area (Å²) in [5.74, 6) is 0.0124. The summed E-state index contributed by atoms with van der Waals surface area (Å²) in [6.45, 7) is 0. The van der Waals surface area contributed by atoms with E-state index in [1.54, 1.807) is 6.07 Å². The smallest absolute Gasteiger partial charge is 0.339 e. The van der Waals surface area contributed by atoms with Crippen LogP contribution >= 0.6 is 0 Å². The van der Waals surface area contributed by atoms with E-state index in [0.29, 0.717) is 5.75 Å². The third kappa shape index (κ3) is 1.83. The van der Waals surface area contributed by atoms with Crippen LogP contribution in [0.2, 0.25) is 0 Å². The zero-order valence-electron chi connectivity index (χ0n) is 7.90. The predicted molar refractivity (Wildman–Crippen MR) is 49.0 cm³/mol. The molecule has 4 heteroatoms. The Balaban J connectivity index is 3.20. The van der Waals surface area contributed by atoms with Crippen LogP contribution < -0.4 is 4.74 Å². The second-order valence-corrected chi connectivity index (χ2v) is 2.51. The molecule has 0 spiro atoms. The zero-order valence-corrected chi connectivity index (χ0v) is 7.90. The lowest BCUT2D eigenvalue weighted by atomic mass is 10.1. The number of hydrogen-bond donors (Lipinski definition) is 0. The van der Waals surface area contributed by atoms with Crippen molar-refractivity contribution in [2.75, 3.05) is 14.2 Å². The summed E-state index contributed by atoms with van der Waals surface area (Å²) in [6.07, 6.45) is 0. The maximum Gasteiger partial charge on any atom is 0.339 e. The van der Waals surface area contributed by atoms with Gasteiger partial charge < -0.3 is 9.47 Å². The number of ether oxygens (including phenoxy) is 2. The highest BCUT2D eigenvalue weighted by atomic mass is 16.5. The third-order valence-electron chi connectivity index (χ3n) is 1.75. The van der Waals surface area contributed by atoms with Crippen LogP contribution in [0.5, 0.6) is 5.75 Å². The van der Waals surface area contributed by atoms with Gasteiger partial charge in [-0.3, -0.25) is 0 Å². The fourth-order valence-corrected chi connectivity index (χ4v) is 1.03. The molecule has 0 N–H and O–H groups in total. The van der Waals surface area contributed by atoms with E-state index in [9.17, 15) is 4.79 Å². The van der Waals surface area contributed by atoms with E-state index in [4.69, 9.17) is 10.00 Å². The second-order valence-electron chi connectivity index (χ2n) is 2.51. The first kappa shape index (κ1) is 10.1. The summed E-state index contributed by atoms with van der Waals surface area (Å²) in [7, 11) is 2.77. The van der Waals surface area contributed by atoms with Crippen molar-refractivity contribution in [2.24, 2.45) is 0 Å². The lowest BCUT2D eigenvalue weighted by Gasteiger charge is -2.03. The standard InChI is InChI=1S/C10H9NO3/c1-13-8-3-4-9(10(12)14-2)7(5-8)6-11/h3-5H,1-2H3. The van der Waals surface area contributed by atoms with Gasteiger partial charge in [-0.1, -0.05) is 0 Å². The Hall–Kier alpha value is -2.02. The Morgan fingerprint density at radius 2 is 2.14 bits per heavy atom. The Morgan fingerprint density at radius 3 is 2.64 bits per heavy atom. The van der Waals surface area contributed by atoms with Crippen LogP contribution in [-0.2, 0) is 4.74 Å². The number of carbonyl (C=O) groups is 1. The van der Waals surface area contributed by atoms with E-state index >= 15 is 0 Å². The summed E-state index contributed by atoms with van der Waals surface area (Å²) in [6, 6.07) is 6.50. The van der Waals surface area contributed by atoms with Crippen molar-refractivity contribution in [2.45, 2.75) is 0 Å². The molecule has 1 rings (SSSR count). The SMILES string of the molecule is COC(=O)c1ccc(OC)cc1C#N. The van der Waals surface area contributed by atoms with Crippen LogP contribution in [0.1, 0.15) is 15.9 Å². The van der Waals surface area contributed by atoms with Gasteiger partial charge in [-0.15, -0.1) is 0 Å². The van der Waals surface area contributed by atoms with Gasteiger partial charge >= 0.3 is 5.97 Å². The average molecular weight is 191 g/mol.